The van der Waals surface area contributed by atoms with E-state index in [1.807, 2.05) is 22.4 Å². The molecule has 0 spiro atoms. The standard InChI is InChI=1S/C18H23N5O3S/c24-17(21-6-8-26-9-7-21)15-13-23(20-19-15)12-14-3-1-5-22(11-14)18(25)16-4-2-10-27-16/h2,4,10,13-14H,1,3,5-9,11-12H2/t14-/m0/s1. The maximum atomic E-state index is 12.6. The number of hydrogen-bond donors (Lipinski definition) is 0. The van der Waals surface area contributed by atoms with Gasteiger partial charge in [0.05, 0.1) is 24.3 Å². The van der Waals surface area contributed by atoms with E-state index in [4.69, 9.17) is 4.74 Å². The number of carbonyl (C=O) groups is 2. The largest absolute Gasteiger partial charge is 0.378 e. The molecule has 0 aromatic carbocycles. The van der Waals surface area contributed by atoms with Crippen LogP contribution in [0.2, 0.25) is 0 Å². The Morgan fingerprint density at radius 2 is 2.04 bits per heavy atom. The Morgan fingerprint density at radius 1 is 1.19 bits per heavy atom. The third kappa shape index (κ3) is 4.19. The van der Waals surface area contributed by atoms with Crippen LogP contribution in [0, 0.1) is 5.92 Å². The second-order valence-electron chi connectivity index (χ2n) is 6.97. The first-order valence-corrected chi connectivity index (χ1v) is 10.2. The molecular weight excluding hydrogens is 366 g/mol. The number of piperidine rings is 1. The van der Waals surface area contributed by atoms with Gasteiger partial charge in [-0.05, 0) is 30.2 Å². The Morgan fingerprint density at radius 3 is 2.81 bits per heavy atom. The summed E-state index contributed by atoms with van der Waals surface area (Å²) < 4.78 is 7.01. The zero-order chi connectivity index (χ0) is 18.6. The molecular formula is C18H23N5O3S. The van der Waals surface area contributed by atoms with Gasteiger partial charge in [0.2, 0.25) is 0 Å². The van der Waals surface area contributed by atoms with Crippen molar-refractivity contribution in [2.45, 2.75) is 19.4 Å². The van der Waals surface area contributed by atoms with E-state index in [-0.39, 0.29) is 11.8 Å². The maximum absolute atomic E-state index is 12.6. The van der Waals surface area contributed by atoms with E-state index in [0.29, 0.717) is 51.0 Å². The molecule has 2 saturated heterocycles. The van der Waals surface area contributed by atoms with Gasteiger partial charge in [0.1, 0.15) is 0 Å². The lowest BCUT2D eigenvalue weighted by Crippen LogP contribution is -2.41. The van der Waals surface area contributed by atoms with Crippen molar-refractivity contribution in [1.29, 1.82) is 0 Å². The number of likely N-dealkylation sites (tertiary alicyclic amines) is 1. The molecule has 0 saturated carbocycles. The topological polar surface area (TPSA) is 80.6 Å². The summed E-state index contributed by atoms with van der Waals surface area (Å²) in [5.74, 6) is 0.329. The number of hydrogen-bond acceptors (Lipinski definition) is 6. The Kier molecular flexibility index (Phi) is 5.49. The van der Waals surface area contributed by atoms with Gasteiger partial charge in [-0.15, -0.1) is 16.4 Å². The van der Waals surface area contributed by atoms with Gasteiger partial charge < -0.3 is 14.5 Å². The SMILES string of the molecule is O=C(c1cn(C[C@H]2CCCN(C(=O)c3cccs3)C2)nn1)N1CCOCC1. The monoisotopic (exact) mass is 389 g/mol. The molecule has 2 fully saturated rings. The number of aromatic nitrogens is 3. The first kappa shape index (κ1) is 18.1. The minimum atomic E-state index is -0.0947. The molecule has 1 atom stereocenters. The zero-order valence-corrected chi connectivity index (χ0v) is 15.9. The van der Waals surface area contributed by atoms with Crippen molar-refractivity contribution >= 4 is 23.2 Å². The lowest BCUT2D eigenvalue weighted by atomic mass is 9.98. The Hall–Kier alpha value is -2.26. The van der Waals surface area contributed by atoms with Gasteiger partial charge in [0, 0.05) is 32.7 Å². The molecule has 0 N–H and O–H groups in total. The van der Waals surface area contributed by atoms with Crippen LogP contribution in [0.15, 0.2) is 23.7 Å². The van der Waals surface area contributed by atoms with Crippen LogP contribution in [0.1, 0.15) is 33.0 Å². The molecule has 144 valence electrons. The Labute approximate surface area is 161 Å². The van der Waals surface area contributed by atoms with E-state index in [9.17, 15) is 9.59 Å². The molecule has 4 rings (SSSR count). The minimum Gasteiger partial charge on any atom is -0.378 e. The van der Waals surface area contributed by atoms with E-state index in [1.165, 1.54) is 11.3 Å². The first-order valence-electron chi connectivity index (χ1n) is 9.30. The van der Waals surface area contributed by atoms with Gasteiger partial charge in [-0.1, -0.05) is 11.3 Å². The molecule has 2 aliphatic rings. The fourth-order valence-electron chi connectivity index (χ4n) is 3.63. The van der Waals surface area contributed by atoms with Crippen molar-refractivity contribution in [2.24, 2.45) is 5.92 Å². The quantitative estimate of drug-likeness (QED) is 0.789. The summed E-state index contributed by atoms with van der Waals surface area (Å²) in [5.41, 5.74) is 0.374. The van der Waals surface area contributed by atoms with Crippen molar-refractivity contribution in [2.75, 3.05) is 39.4 Å². The summed E-state index contributed by atoms with van der Waals surface area (Å²) in [4.78, 5) is 29.5. The fraction of sp³-hybridized carbons (Fsp3) is 0.556. The van der Waals surface area contributed by atoms with Crippen molar-refractivity contribution in [3.8, 4) is 0 Å². The molecule has 9 heteroatoms. The zero-order valence-electron chi connectivity index (χ0n) is 15.1. The number of thiophene rings is 1. The molecule has 2 aromatic rings. The second kappa shape index (κ2) is 8.18. The van der Waals surface area contributed by atoms with Crippen LogP contribution in [0.25, 0.3) is 0 Å². The van der Waals surface area contributed by atoms with Crippen LogP contribution in [-0.4, -0.2) is 76.0 Å². The van der Waals surface area contributed by atoms with Crippen LogP contribution in [0.3, 0.4) is 0 Å². The van der Waals surface area contributed by atoms with Crippen molar-refractivity contribution in [1.82, 2.24) is 24.8 Å². The van der Waals surface area contributed by atoms with Crippen LogP contribution in [0.5, 0.6) is 0 Å². The predicted molar refractivity (Wildman–Crippen MR) is 99.7 cm³/mol. The van der Waals surface area contributed by atoms with E-state index in [0.717, 1.165) is 24.3 Å². The molecule has 8 nitrogen and oxygen atoms in total. The number of morpholine rings is 1. The summed E-state index contributed by atoms with van der Waals surface area (Å²) in [6.45, 7) is 4.49. The van der Waals surface area contributed by atoms with Crippen molar-refractivity contribution in [3.05, 3.63) is 34.3 Å². The molecule has 2 aliphatic heterocycles. The summed E-state index contributed by atoms with van der Waals surface area (Å²) in [5, 5.41) is 10.1. The van der Waals surface area contributed by atoms with Crippen LogP contribution >= 0.6 is 11.3 Å². The fourth-order valence-corrected chi connectivity index (χ4v) is 4.32. The molecule has 2 aromatic heterocycles. The van der Waals surface area contributed by atoms with Gasteiger partial charge in [-0.25, -0.2) is 0 Å². The number of nitrogens with zero attached hydrogens (tertiary/aromatic N) is 5. The minimum absolute atomic E-state index is 0.0947. The summed E-state index contributed by atoms with van der Waals surface area (Å²) in [6.07, 6.45) is 3.74. The van der Waals surface area contributed by atoms with Gasteiger partial charge >= 0.3 is 0 Å². The van der Waals surface area contributed by atoms with E-state index in [2.05, 4.69) is 10.3 Å². The van der Waals surface area contributed by atoms with Crippen molar-refractivity contribution in [3.63, 3.8) is 0 Å². The van der Waals surface area contributed by atoms with Crippen molar-refractivity contribution < 1.29 is 14.3 Å². The van der Waals surface area contributed by atoms with Gasteiger partial charge in [0.25, 0.3) is 11.8 Å². The average Bonchev–Trinajstić information content (AvgIpc) is 3.40. The molecule has 2 amide bonds. The molecule has 4 heterocycles. The molecule has 0 radical (unpaired) electrons. The molecule has 0 unspecified atom stereocenters. The molecule has 0 bridgehead atoms. The maximum Gasteiger partial charge on any atom is 0.276 e. The number of carbonyl (C=O) groups excluding carboxylic acids is 2. The lowest BCUT2D eigenvalue weighted by Gasteiger charge is -2.32. The van der Waals surface area contributed by atoms with Crippen LogP contribution in [0.4, 0.5) is 0 Å². The number of amides is 2. The highest BCUT2D eigenvalue weighted by Gasteiger charge is 2.26. The molecule has 0 aliphatic carbocycles. The highest BCUT2D eigenvalue weighted by molar-refractivity contribution is 7.12. The van der Waals surface area contributed by atoms with E-state index < -0.39 is 0 Å². The molecule has 27 heavy (non-hydrogen) atoms. The Bertz CT molecular complexity index is 785. The van der Waals surface area contributed by atoms with Crippen LogP contribution in [-0.2, 0) is 11.3 Å². The third-order valence-corrected chi connectivity index (χ3v) is 5.90. The van der Waals surface area contributed by atoms with E-state index in [1.54, 1.807) is 15.8 Å². The smallest absolute Gasteiger partial charge is 0.276 e. The van der Waals surface area contributed by atoms with E-state index >= 15 is 0 Å². The average molecular weight is 389 g/mol. The number of ether oxygens (including phenoxy) is 1. The van der Waals surface area contributed by atoms with Gasteiger partial charge in [-0.3, -0.25) is 14.3 Å². The Balaban J connectivity index is 1.35. The normalized spacial score (nSPS) is 20.7. The third-order valence-electron chi connectivity index (χ3n) is 5.04. The predicted octanol–water partition coefficient (Wildman–Crippen LogP) is 1.36. The summed E-state index contributed by atoms with van der Waals surface area (Å²) >= 11 is 1.48. The van der Waals surface area contributed by atoms with Gasteiger partial charge in [-0.2, -0.15) is 0 Å². The van der Waals surface area contributed by atoms with Crippen LogP contribution < -0.4 is 0 Å². The first-order chi connectivity index (χ1) is 13.2. The highest BCUT2D eigenvalue weighted by atomic mass is 32.1. The second-order valence-corrected chi connectivity index (χ2v) is 7.91. The summed E-state index contributed by atoms with van der Waals surface area (Å²) in [7, 11) is 0. The van der Waals surface area contributed by atoms with Gasteiger partial charge in [0.15, 0.2) is 5.69 Å². The number of rotatable bonds is 4. The highest BCUT2D eigenvalue weighted by Crippen LogP contribution is 2.21. The lowest BCUT2D eigenvalue weighted by molar-refractivity contribution is 0.0299. The summed E-state index contributed by atoms with van der Waals surface area (Å²) in [6, 6.07) is 3.78.